The van der Waals surface area contributed by atoms with E-state index < -0.39 is 9.84 Å². The van der Waals surface area contributed by atoms with Gasteiger partial charge in [0.05, 0.1) is 31.4 Å². The molecule has 0 aliphatic carbocycles. The van der Waals surface area contributed by atoms with E-state index in [2.05, 4.69) is 20.6 Å². The molecule has 25 heavy (non-hydrogen) atoms. The quantitative estimate of drug-likeness (QED) is 0.800. The summed E-state index contributed by atoms with van der Waals surface area (Å²) < 4.78 is 33.6. The third-order valence-electron chi connectivity index (χ3n) is 3.90. The highest BCUT2D eigenvalue weighted by Crippen LogP contribution is 2.30. The van der Waals surface area contributed by atoms with Crippen molar-refractivity contribution >= 4 is 27.3 Å². The van der Waals surface area contributed by atoms with Gasteiger partial charge in [0.25, 0.3) is 0 Å². The fraction of sp³-hybridized carbons (Fsp3) is 0.375. The minimum absolute atomic E-state index is 0.122. The van der Waals surface area contributed by atoms with Crippen LogP contribution in [0, 0.1) is 0 Å². The van der Waals surface area contributed by atoms with Crippen molar-refractivity contribution in [1.29, 1.82) is 0 Å². The summed E-state index contributed by atoms with van der Waals surface area (Å²) in [6, 6.07) is 6.96. The molecule has 1 aromatic heterocycles. The lowest BCUT2D eigenvalue weighted by Crippen LogP contribution is -2.21. The predicted octanol–water partition coefficient (Wildman–Crippen LogP) is 1.84. The molecule has 0 amide bonds. The molecule has 1 aromatic carbocycles. The van der Waals surface area contributed by atoms with Gasteiger partial charge in [-0.2, -0.15) is 4.98 Å². The topological polar surface area (TPSA) is 102 Å². The van der Waals surface area contributed by atoms with E-state index in [1.54, 1.807) is 38.6 Å². The van der Waals surface area contributed by atoms with Crippen molar-refractivity contribution in [3.63, 3.8) is 0 Å². The number of ether oxygens (including phenoxy) is 2. The van der Waals surface area contributed by atoms with Crippen LogP contribution in [0.4, 0.5) is 17.5 Å². The average molecular weight is 364 g/mol. The summed E-state index contributed by atoms with van der Waals surface area (Å²) in [6.45, 7) is 0. The Labute approximate surface area is 146 Å². The van der Waals surface area contributed by atoms with Gasteiger partial charge in [-0.25, -0.2) is 13.4 Å². The predicted molar refractivity (Wildman–Crippen MR) is 95.5 cm³/mol. The lowest BCUT2D eigenvalue weighted by Gasteiger charge is -2.14. The fourth-order valence-corrected chi connectivity index (χ4v) is 4.31. The van der Waals surface area contributed by atoms with Crippen LogP contribution in [0.5, 0.6) is 11.5 Å². The van der Waals surface area contributed by atoms with Gasteiger partial charge in [-0.3, -0.25) is 0 Å². The summed E-state index contributed by atoms with van der Waals surface area (Å²) in [6.07, 6.45) is 2.19. The minimum atomic E-state index is -2.94. The van der Waals surface area contributed by atoms with E-state index in [4.69, 9.17) is 9.47 Å². The molecule has 1 aliphatic rings. The molecule has 8 nitrogen and oxygen atoms in total. The van der Waals surface area contributed by atoms with Gasteiger partial charge in [0.15, 0.2) is 9.84 Å². The number of hydrogen-bond donors (Lipinski definition) is 2. The standard InChI is InChI=1S/C16H20N4O4S/c1-23-12-3-4-13(14(9-12)24-2)19-16-17-7-5-15(20-16)18-11-6-8-25(21,22)10-11/h3-5,7,9,11H,6,8,10H2,1-2H3,(H2,17,18,19,20). The second kappa shape index (κ2) is 7.14. The Morgan fingerprint density at radius 1 is 1.20 bits per heavy atom. The maximum Gasteiger partial charge on any atom is 0.229 e. The molecule has 1 atom stereocenters. The molecule has 0 saturated carbocycles. The monoisotopic (exact) mass is 364 g/mol. The van der Waals surface area contributed by atoms with Crippen LogP contribution in [-0.2, 0) is 9.84 Å². The first-order chi connectivity index (χ1) is 12.0. The highest BCUT2D eigenvalue weighted by molar-refractivity contribution is 7.91. The SMILES string of the molecule is COc1ccc(Nc2nccc(NC3CCS(=O)(=O)C3)n2)c(OC)c1. The van der Waals surface area contributed by atoms with Crippen LogP contribution in [0.3, 0.4) is 0 Å². The summed E-state index contributed by atoms with van der Waals surface area (Å²) in [4.78, 5) is 8.57. The lowest BCUT2D eigenvalue weighted by molar-refractivity contribution is 0.395. The Balaban J connectivity index is 1.74. The maximum atomic E-state index is 11.6. The van der Waals surface area contributed by atoms with E-state index in [0.717, 1.165) is 0 Å². The summed E-state index contributed by atoms with van der Waals surface area (Å²) in [5.74, 6) is 2.58. The third-order valence-corrected chi connectivity index (χ3v) is 5.66. The van der Waals surface area contributed by atoms with Gasteiger partial charge in [-0.1, -0.05) is 0 Å². The van der Waals surface area contributed by atoms with Crippen molar-refractivity contribution in [2.24, 2.45) is 0 Å². The van der Waals surface area contributed by atoms with Crippen LogP contribution in [0.2, 0.25) is 0 Å². The fourth-order valence-electron chi connectivity index (χ4n) is 2.64. The third kappa shape index (κ3) is 4.30. The van der Waals surface area contributed by atoms with Crippen LogP contribution >= 0.6 is 0 Å². The number of nitrogens with zero attached hydrogens (tertiary/aromatic N) is 2. The minimum Gasteiger partial charge on any atom is -0.497 e. The molecule has 9 heteroatoms. The smallest absolute Gasteiger partial charge is 0.229 e. The van der Waals surface area contributed by atoms with E-state index in [1.807, 2.05) is 6.07 Å². The van der Waals surface area contributed by atoms with E-state index in [9.17, 15) is 8.42 Å². The van der Waals surface area contributed by atoms with Gasteiger partial charge in [0.1, 0.15) is 17.3 Å². The Bertz CT molecular complexity index is 857. The zero-order valence-electron chi connectivity index (χ0n) is 14.0. The number of sulfone groups is 1. The molecule has 1 fully saturated rings. The second-order valence-electron chi connectivity index (χ2n) is 5.70. The summed E-state index contributed by atoms with van der Waals surface area (Å²) in [7, 11) is 0.216. The molecule has 0 radical (unpaired) electrons. The van der Waals surface area contributed by atoms with Crippen LogP contribution in [-0.4, -0.2) is 50.2 Å². The molecule has 1 unspecified atom stereocenters. The Hall–Kier alpha value is -2.55. The van der Waals surface area contributed by atoms with Crippen molar-refractivity contribution in [2.75, 3.05) is 36.4 Å². The van der Waals surface area contributed by atoms with Gasteiger partial charge in [0.2, 0.25) is 5.95 Å². The molecule has 0 spiro atoms. The normalized spacial score (nSPS) is 18.6. The van der Waals surface area contributed by atoms with Crippen molar-refractivity contribution in [2.45, 2.75) is 12.5 Å². The van der Waals surface area contributed by atoms with Gasteiger partial charge >= 0.3 is 0 Å². The van der Waals surface area contributed by atoms with E-state index in [1.165, 1.54) is 0 Å². The number of methoxy groups -OCH3 is 2. The number of aromatic nitrogens is 2. The largest absolute Gasteiger partial charge is 0.497 e. The molecule has 2 N–H and O–H groups in total. The lowest BCUT2D eigenvalue weighted by atomic mass is 10.2. The van der Waals surface area contributed by atoms with E-state index in [-0.39, 0.29) is 17.5 Å². The number of rotatable bonds is 6. The molecule has 1 aliphatic heterocycles. The van der Waals surface area contributed by atoms with Crippen molar-refractivity contribution in [1.82, 2.24) is 9.97 Å². The first kappa shape index (κ1) is 17.3. The maximum absolute atomic E-state index is 11.6. The molecular formula is C16H20N4O4S. The van der Waals surface area contributed by atoms with E-state index in [0.29, 0.717) is 35.4 Å². The molecule has 134 valence electrons. The first-order valence-corrected chi connectivity index (χ1v) is 9.60. The molecule has 1 saturated heterocycles. The highest BCUT2D eigenvalue weighted by Gasteiger charge is 2.27. The van der Waals surface area contributed by atoms with Gasteiger partial charge in [-0.15, -0.1) is 0 Å². The molecule has 2 aromatic rings. The van der Waals surface area contributed by atoms with Gasteiger partial charge in [0, 0.05) is 18.3 Å². The second-order valence-corrected chi connectivity index (χ2v) is 7.93. The van der Waals surface area contributed by atoms with Crippen LogP contribution in [0.1, 0.15) is 6.42 Å². The van der Waals surface area contributed by atoms with Crippen LogP contribution < -0.4 is 20.1 Å². The molecular weight excluding hydrogens is 344 g/mol. The molecule has 0 bridgehead atoms. The molecule has 2 heterocycles. The highest BCUT2D eigenvalue weighted by atomic mass is 32.2. The van der Waals surface area contributed by atoms with Crippen molar-refractivity contribution in [3.05, 3.63) is 30.5 Å². The Morgan fingerprint density at radius 2 is 2.04 bits per heavy atom. The van der Waals surface area contributed by atoms with Crippen molar-refractivity contribution < 1.29 is 17.9 Å². The summed E-state index contributed by atoms with van der Waals surface area (Å²) in [5.41, 5.74) is 0.698. The number of nitrogens with one attached hydrogen (secondary N) is 2. The van der Waals surface area contributed by atoms with Gasteiger partial charge < -0.3 is 20.1 Å². The molecule has 3 rings (SSSR count). The Morgan fingerprint density at radius 3 is 2.72 bits per heavy atom. The number of benzene rings is 1. The van der Waals surface area contributed by atoms with Crippen LogP contribution in [0.15, 0.2) is 30.5 Å². The zero-order valence-corrected chi connectivity index (χ0v) is 14.8. The zero-order chi connectivity index (χ0) is 17.9. The first-order valence-electron chi connectivity index (χ1n) is 7.78. The summed E-state index contributed by atoms with van der Waals surface area (Å²) >= 11 is 0. The van der Waals surface area contributed by atoms with Gasteiger partial charge in [-0.05, 0) is 24.6 Å². The number of anilines is 3. The van der Waals surface area contributed by atoms with E-state index >= 15 is 0 Å². The number of hydrogen-bond acceptors (Lipinski definition) is 8. The summed E-state index contributed by atoms with van der Waals surface area (Å²) in [5, 5.41) is 6.24. The average Bonchev–Trinajstić information content (AvgIpc) is 2.94. The van der Waals surface area contributed by atoms with Crippen LogP contribution in [0.25, 0.3) is 0 Å². The van der Waals surface area contributed by atoms with Crippen molar-refractivity contribution in [3.8, 4) is 11.5 Å². The Kier molecular flexibility index (Phi) is 4.93.